The van der Waals surface area contributed by atoms with Crippen LogP contribution < -0.4 is 0 Å². The van der Waals surface area contributed by atoms with Crippen molar-refractivity contribution in [3.05, 3.63) is 17.4 Å². The Morgan fingerprint density at radius 3 is 2.79 bits per heavy atom. The fourth-order valence-electron chi connectivity index (χ4n) is 1.43. The third kappa shape index (κ3) is 2.50. The lowest BCUT2D eigenvalue weighted by atomic mass is 10.1. The van der Waals surface area contributed by atoms with Gasteiger partial charge in [0.2, 0.25) is 5.54 Å². The number of unbranched alkanes of at least 4 members (excludes halogenated alkanes) is 1. The number of rotatable bonds is 4. The first-order chi connectivity index (χ1) is 6.58. The molecule has 0 bridgehead atoms. The number of allylic oxidation sites excluding steroid dienone is 2. The summed E-state index contributed by atoms with van der Waals surface area (Å²) in [5.74, 6) is 0.597. The second-order valence-electron chi connectivity index (χ2n) is 4.25. The SMILES string of the molecule is C/C=C/CCCC1=[N+]([O-])C(C)(C)CO1. The maximum atomic E-state index is 11.6. The van der Waals surface area contributed by atoms with Crippen molar-refractivity contribution in [2.75, 3.05) is 6.61 Å². The van der Waals surface area contributed by atoms with Gasteiger partial charge in [-0.1, -0.05) is 12.2 Å². The van der Waals surface area contributed by atoms with E-state index in [4.69, 9.17) is 4.74 Å². The summed E-state index contributed by atoms with van der Waals surface area (Å²) < 4.78 is 6.38. The third-order valence-electron chi connectivity index (χ3n) is 2.37. The molecule has 14 heavy (non-hydrogen) atoms. The zero-order valence-electron chi connectivity index (χ0n) is 9.25. The minimum Gasteiger partial charge on any atom is -0.621 e. The normalized spacial score (nSPS) is 20.5. The van der Waals surface area contributed by atoms with Gasteiger partial charge in [-0.2, -0.15) is 4.74 Å². The van der Waals surface area contributed by atoms with Crippen LogP contribution >= 0.6 is 0 Å². The molecule has 80 valence electrons. The lowest BCUT2D eigenvalue weighted by Gasteiger charge is -2.14. The molecule has 0 unspecified atom stereocenters. The molecule has 0 saturated carbocycles. The Morgan fingerprint density at radius 1 is 1.57 bits per heavy atom. The van der Waals surface area contributed by atoms with Crippen LogP contribution in [0.2, 0.25) is 0 Å². The van der Waals surface area contributed by atoms with Gasteiger partial charge in [-0.25, -0.2) is 0 Å². The van der Waals surface area contributed by atoms with E-state index < -0.39 is 0 Å². The molecule has 0 radical (unpaired) electrons. The lowest BCUT2D eigenvalue weighted by molar-refractivity contribution is -0.528. The monoisotopic (exact) mass is 197 g/mol. The predicted molar refractivity (Wildman–Crippen MR) is 57.3 cm³/mol. The largest absolute Gasteiger partial charge is 0.621 e. The van der Waals surface area contributed by atoms with Crippen molar-refractivity contribution in [1.82, 2.24) is 0 Å². The highest BCUT2D eigenvalue weighted by atomic mass is 16.6. The highest BCUT2D eigenvalue weighted by Gasteiger charge is 2.37. The summed E-state index contributed by atoms with van der Waals surface area (Å²) in [4.78, 5) is 0. The van der Waals surface area contributed by atoms with Crippen LogP contribution in [-0.4, -0.2) is 22.8 Å². The second-order valence-corrected chi connectivity index (χ2v) is 4.25. The second kappa shape index (κ2) is 4.49. The Hall–Kier alpha value is -0.990. The average molecular weight is 197 g/mol. The van der Waals surface area contributed by atoms with E-state index in [0.29, 0.717) is 12.5 Å². The molecule has 3 heteroatoms. The molecular weight excluding hydrogens is 178 g/mol. The van der Waals surface area contributed by atoms with Crippen molar-refractivity contribution in [2.45, 2.75) is 45.6 Å². The van der Waals surface area contributed by atoms with E-state index in [1.807, 2.05) is 26.8 Å². The van der Waals surface area contributed by atoms with Crippen LogP contribution in [0.1, 0.15) is 40.0 Å². The van der Waals surface area contributed by atoms with E-state index in [2.05, 4.69) is 6.08 Å². The van der Waals surface area contributed by atoms with Gasteiger partial charge in [0.1, 0.15) is 0 Å². The number of hydroxylamine groups is 1. The number of hydrogen-bond acceptors (Lipinski definition) is 2. The molecule has 0 fully saturated rings. The van der Waals surface area contributed by atoms with E-state index in [-0.39, 0.29) is 5.54 Å². The topological polar surface area (TPSA) is 35.3 Å². The summed E-state index contributed by atoms with van der Waals surface area (Å²) in [7, 11) is 0. The molecular formula is C11H19NO2. The van der Waals surface area contributed by atoms with Gasteiger partial charge in [-0.3, -0.25) is 0 Å². The zero-order chi connectivity index (χ0) is 10.6. The highest BCUT2D eigenvalue weighted by Crippen LogP contribution is 2.18. The summed E-state index contributed by atoms with van der Waals surface area (Å²) >= 11 is 0. The fourth-order valence-corrected chi connectivity index (χ4v) is 1.43. The highest BCUT2D eigenvalue weighted by molar-refractivity contribution is 5.72. The number of ether oxygens (including phenoxy) is 1. The molecule has 1 aliphatic heterocycles. The van der Waals surface area contributed by atoms with Crippen molar-refractivity contribution in [2.24, 2.45) is 0 Å². The predicted octanol–water partition coefficient (Wildman–Crippen LogP) is 2.45. The summed E-state index contributed by atoms with van der Waals surface area (Å²) in [5, 5.41) is 11.6. The van der Waals surface area contributed by atoms with Gasteiger partial charge >= 0.3 is 5.90 Å². The van der Waals surface area contributed by atoms with Gasteiger partial charge in [0, 0.05) is 13.8 Å². The van der Waals surface area contributed by atoms with Gasteiger partial charge in [-0.05, 0) is 19.8 Å². The van der Waals surface area contributed by atoms with Crippen LogP contribution in [0.3, 0.4) is 0 Å². The minimum atomic E-state index is -0.379. The van der Waals surface area contributed by atoms with Crippen molar-refractivity contribution in [3.63, 3.8) is 0 Å². The van der Waals surface area contributed by atoms with Gasteiger partial charge in [0.25, 0.3) is 0 Å². The Labute approximate surface area is 85.7 Å². The quantitative estimate of drug-likeness (QED) is 0.300. The first kappa shape index (κ1) is 11.1. The van der Waals surface area contributed by atoms with Crippen molar-refractivity contribution in [1.29, 1.82) is 0 Å². The summed E-state index contributed by atoms with van der Waals surface area (Å²) in [6, 6.07) is 0. The van der Waals surface area contributed by atoms with Crippen LogP contribution in [-0.2, 0) is 4.74 Å². The molecule has 0 aromatic rings. The van der Waals surface area contributed by atoms with Gasteiger partial charge < -0.3 is 9.94 Å². The van der Waals surface area contributed by atoms with E-state index >= 15 is 0 Å². The van der Waals surface area contributed by atoms with Crippen molar-refractivity contribution in [3.8, 4) is 0 Å². The average Bonchev–Trinajstić information content (AvgIpc) is 2.39. The first-order valence-corrected chi connectivity index (χ1v) is 5.15. The molecule has 0 spiro atoms. The maximum Gasteiger partial charge on any atom is 0.348 e. The zero-order valence-corrected chi connectivity index (χ0v) is 9.25. The standard InChI is InChI=1S/C11H19NO2/c1-4-5-6-7-8-10-12(13)11(2,3)9-14-10/h4-5H,6-9H2,1-3H3/b5-4+. The van der Waals surface area contributed by atoms with Gasteiger partial charge in [-0.15, -0.1) is 0 Å². The van der Waals surface area contributed by atoms with Crippen molar-refractivity contribution < 1.29 is 9.48 Å². The summed E-state index contributed by atoms with van der Waals surface area (Å²) in [5.41, 5.74) is -0.379. The smallest absolute Gasteiger partial charge is 0.348 e. The molecule has 0 amide bonds. The van der Waals surface area contributed by atoms with Crippen molar-refractivity contribution >= 4 is 5.90 Å². The molecule has 1 heterocycles. The fraction of sp³-hybridized carbons (Fsp3) is 0.727. The Balaban J connectivity index is 2.42. The Bertz CT molecular complexity index is 254. The Kier molecular flexibility index (Phi) is 3.55. The first-order valence-electron chi connectivity index (χ1n) is 5.15. The maximum absolute atomic E-state index is 11.6. The van der Waals surface area contributed by atoms with Gasteiger partial charge in [0.15, 0.2) is 6.61 Å². The van der Waals surface area contributed by atoms with E-state index in [1.54, 1.807) is 0 Å². The summed E-state index contributed by atoms with van der Waals surface area (Å²) in [6.45, 7) is 6.32. The van der Waals surface area contributed by atoms with Crippen LogP contribution in [0.5, 0.6) is 0 Å². The van der Waals surface area contributed by atoms with Crippen LogP contribution in [0.4, 0.5) is 0 Å². The van der Waals surface area contributed by atoms with Crippen LogP contribution in [0.25, 0.3) is 0 Å². The molecule has 3 nitrogen and oxygen atoms in total. The minimum absolute atomic E-state index is 0.379. The van der Waals surface area contributed by atoms with E-state index in [9.17, 15) is 5.21 Å². The number of hydrogen-bond donors (Lipinski definition) is 0. The molecule has 0 saturated heterocycles. The van der Waals surface area contributed by atoms with Crippen LogP contribution in [0.15, 0.2) is 12.2 Å². The molecule has 0 aromatic carbocycles. The number of nitrogens with zero attached hydrogens (tertiary/aromatic N) is 1. The van der Waals surface area contributed by atoms with E-state index in [0.717, 1.165) is 24.0 Å². The lowest BCUT2D eigenvalue weighted by Crippen LogP contribution is -2.32. The third-order valence-corrected chi connectivity index (χ3v) is 2.37. The molecule has 1 rings (SSSR count). The van der Waals surface area contributed by atoms with Gasteiger partial charge in [0.05, 0.1) is 6.42 Å². The summed E-state index contributed by atoms with van der Waals surface area (Å²) in [6.07, 6.45) is 6.87. The molecule has 0 aliphatic carbocycles. The molecule has 0 aromatic heterocycles. The Morgan fingerprint density at radius 2 is 2.29 bits per heavy atom. The molecule has 1 aliphatic rings. The molecule has 0 N–H and O–H groups in total. The molecule has 0 atom stereocenters. The van der Waals surface area contributed by atoms with Crippen LogP contribution in [0, 0.1) is 5.21 Å². The van der Waals surface area contributed by atoms with E-state index in [1.165, 1.54) is 0 Å².